The molecule has 0 saturated heterocycles. The molecule has 0 radical (unpaired) electrons. The summed E-state index contributed by atoms with van der Waals surface area (Å²) >= 11 is 0. The summed E-state index contributed by atoms with van der Waals surface area (Å²) in [6, 6.07) is 4.88. The van der Waals surface area contributed by atoms with Crippen LogP contribution in [0.5, 0.6) is 0 Å². The molecule has 1 aromatic carbocycles. The first kappa shape index (κ1) is 14.9. The van der Waals surface area contributed by atoms with Crippen LogP contribution in [0.4, 0.5) is 8.78 Å². The van der Waals surface area contributed by atoms with Crippen LogP contribution >= 0.6 is 0 Å². The smallest absolute Gasteiger partial charge is 0.325 e. The molecule has 110 valence electrons. The van der Waals surface area contributed by atoms with Gasteiger partial charge in [0.15, 0.2) is 0 Å². The molecule has 1 aliphatic carbocycles. The van der Waals surface area contributed by atoms with Crippen LogP contribution in [-0.4, -0.2) is 17.1 Å². The van der Waals surface area contributed by atoms with Crippen LogP contribution in [0, 0.1) is 0 Å². The molecular weight excluding hydrogens is 264 g/mol. The van der Waals surface area contributed by atoms with Gasteiger partial charge in [-0.15, -0.1) is 0 Å². The Hall–Kier alpha value is -1.49. The van der Waals surface area contributed by atoms with Gasteiger partial charge >= 0.3 is 5.97 Å². The van der Waals surface area contributed by atoms with Crippen LogP contribution in [0.15, 0.2) is 24.3 Å². The molecule has 0 spiro atoms. The summed E-state index contributed by atoms with van der Waals surface area (Å²) in [7, 11) is 0. The minimum atomic E-state index is -2.53. The lowest BCUT2D eigenvalue weighted by atomic mass is 9.94. The molecular formula is C15H19F2NO2. The molecule has 1 saturated carbocycles. The minimum Gasteiger partial charge on any atom is -0.480 e. The molecule has 2 rings (SSSR count). The molecule has 0 bridgehead atoms. The Bertz CT molecular complexity index is 442. The van der Waals surface area contributed by atoms with Crippen LogP contribution < -0.4 is 5.32 Å². The summed E-state index contributed by atoms with van der Waals surface area (Å²) in [4.78, 5) is 11.4. The molecule has 1 atom stereocenters. The van der Waals surface area contributed by atoms with E-state index in [0.717, 1.165) is 25.7 Å². The SMILES string of the molecule is O=C(O)C(NC1CCCCC1)c1ccc(C(F)F)cc1. The van der Waals surface area contributed by atoms with Gasteiger partial charge in [-0.05, 0) is 18.4 Å². The maximum absolute atomic E-state index is 12.5. The highest BCUT2D eigenvalue weighted by Crippen LogP contribution is 2.24. The summed E-state index contributed by atoms with van der Waals surface area (Å²) in [5.41, 5.74) is 0.433. The third-order valence-electron chi connectivity index (χ3n) is 3.78. The number of nitrogens with one attached hydrogen (secondary N) is 1. The van der Waals surface area contributed by atoms with E-state index in [-0.39, 0.29) is 11.6 Å². The summed E-state index contributed by atoms with van der Waals surface area (Å²) in [6.07, 6.45) is 2.82. The number of carboxylic acids is 1. The number of carbonyl (C=O) groups is 1. The van der Waals surface area contributed by atoms with E-state index in [9.17, 15) is 18.7 Å². The van der Waals surface area contributed by atoms with Crippen molar-refractivity contribution >= 4 is 5.97 Å². The Kier molecular flexibility index (Phi) is 5.06. The predicted molar refractivity (Wildman–Crippen MR) is 71.8 cm³/mol. The zero-order valence-corrected chi connectivity index (χ0v) is 11.2. The Morgan fingerprint density at radius 1 is 1.10 bits per heavy atom. The van der Waals surface area contributed by atoms with Gasteiger partial charge in [0.05, 0.1) is 0 Å². The third kappa shape index (κ3) is 3.76. The van der Waals surface area contributed by atoms with E-state index in [1.807, 2.05) is 0 Å². The molecule has 0 heterocycles. The first-order chi connectivity index (χ1) is 9.58. The van der Waals surface area contributed by atoms with E-state index < -0.39 is 18.4 Å². The second kappa shape index (κ2) is 6.79. The number of halogens is 2. The zero-order valence-electron chi connectivity index (χ0n) is 11.2. The van der Waals surface area contributed by atoms with Crippen molar-refractivity contribution in [3.05, 3.63) is 35.4 Å². The zero-order chi connectivity index (χ0) is 14.5. The molecule has 1 aliphatic rings. The maximum atomic E-state index is 12.5. The van der Waals surface area contributed by atoms with Gasteiger partial charge in [0.25, 0.3) is 6.43 Å². The van der Waals surface area contributed by atoms with Gasteiger partial charge in [0.1, 0.15) is 6.04 Å². The van der Waals surface area contributed by atoms with E-state index in [4.69, 9.17) is 0 Å². The third-order valence-corrected chi connectivity index (χ3v) is 3.78. The average Bonchev–Trinajstić information content (AvgIpc) is 2.45. The Morgan fingerprint density at radius 3 is 2.15 bits per heavy atom. The van der Waals surface area contributed by atoms with Crippen molar-refractivity contribution in [3.63, 3.8) is 0 Å². The largest absolute Gasteiger partial charge is 0.480 e. The number of benzene rings is 1. The second-order valence-corrected chi connectivity index (χ2v) is 5.24. The standard InChI is InChI=1S/C15H19F2NO2/c16-14(17)11-8-6-10(7-9-11)13(15(19)20)18-12-4-2-1-3-5-12/h6-9,12-14,18H,1-5H2,(H,19,20). The molecule has 20 heavy (non-hydrogen) atoms. The number of rotatable bonds is 5. The molecule has 1 fully saturated rings. The maximum Gasteiger partial charge on any atom is 0.325 e. The van der Waals surface area contributed by atoms with Gasteiger partial charge < -0.3 is 5.11 Å². The van der Waals surface area contributed by atoms with Gasteiger partial charge in [-0.2, -0.15) is 0 Å². The van der Waals surface area contributed by atoms with Crippen molar-refractivity contribution in [1.29, 1.82) is 0 Å². The first-order valence-electron chi connectivity index (χ1n) is 6.95. The lowest BCUT2D eigenvalue weighted by Crippen LogP contribution is -2.38. The van der Waals surface area contributed by atoms with Crippen molar-refractivity contribution in [2.24, 2.45) is 0 Å². The fourth-order valence-electron chi connectivity index (χ4n) is 2.65. The second-order valence-electron chi connectivity index (χ2n) is 5.24. The molecule has 2 N–H and O–H groups in total. The molecule has 1 aromatic rings. The van der Waals surface area contributed by atoms with E-state index in [2.05, 4.69) is 5.32 Å². The van der Waals surface area contributed by atoms with Gasteiger partial charge in [-0.1, -0.05) is 43.5 Å². The molecule has 0 amide bonds. The average molecular weight is 283 g/mol. The van der Waals surface area contributed by atoms with Gasteiger partial charge in [0.2, 0.25) is 0 Å². The normalized spacial score (nSPS) is 18.1. The van der Waals surface area contributed by atoms with Crippen molar-refractivity contribution in [3.8, 4) is 0 Å². The Morgan fingerprint density at radius 2 is 1.65 bits per heavy atom. The molecule has 1 unspecified atom stereocenters. The van der Waals surface area contributed by atoms with Crippen LogP contribution in [0.2, 0.25) is 0 Å². The number of carboxylic acid groups (broad SMARTS) is 1. The highest BCUT2D eigenvalue weighted by atomic mass is 19.3. The summed E-state index contributed by atoms with van der Waals surface area (Å²) in [5, 5.41) is 12.5. The van der Waals surface area contributed by atoms with E-state index in [0.29, 0.717) is 5.56 Å². The molecule has 3 nitrogen and oxygen atoms in total. The van der Waals surface area contributed by atoms with Crippen molar-refractivity contribution < 1.29 is 18.7 Å². The lowest BCUT2D eigenvalue weighted by molar-refractivity contribution is -0.140. The van der Waals surface area contributed by atoms with Gasteiger partial charge in [-0.25, -0.2) is 8.78 Å². The predicted octanol–water partition coefficient (Wildman–Crippen LogP) is 3.67. The molecule has 0 aliphatic heterocycles. The Labute approximate surface area is 117 Å². The van der Waals surface area contributed by atoms with E-state index in [1.54, 1.807) is 0 Å². The summed E-state index contributed by atoms with van der Waals surface area (Å²) in [5.74, 6) is -0.972. The van der Waals surface area contributed by atoms with E-state index >= 15 is 0 Å². The number of aliphatic carboxylic acids is 1. The van der Waals surface area contributed by atoms with Crippen molar-refractivity contribution in [2.45, 2.75) is 50.6 Å². The monoisotopic (exact) mass is 283 g/mol. The number of alkyl halides is 2. The highest BCUT2D eigenvalue weighted by molar-refractivity contribution is 5.75. The number of hydrogen-bond acceptors (Lipinski definition) is 2. The van der Waals surface area contributed by atoms with Crippen LogP contribution in [0.25, 0.3) is 0 Å². The van der Waals surface area contributed by atoms with Crippen molar-refractivity contribution in [1.82, 2.24) is 5.32 Å². The number of hydrogen-bond donors (Lipinski definition) is 2. The van der Waals surface area contributed by atoms with Crippen LogP contribution in [0.1, 0.15) is 55.7 Å². The first-order valence-corrected chi connectivity index (χ1v) is 6.95. The highest BCUT2D eigenvalue weighted by Gasteiger charge is 2.24. The van der Waals surface area contributed by atoms with E-state index in [1.165, 1.54) is 30.7 Å². The molecule has 0 aromatic heterocycles. The fourth-order valence-corrected chi connectivity index (χ4v) is 2.65. The fraction of sp³-hybridized carbons (Fsp3) is 0.533. The Balaban J connectivity index is 2.09. The van der Waals surface area contributed by atoms with Crippen molar-refractivity contribution in [2.75, 3.05) is 0 Å². The summed E-state index contributed by atoms with van der Waals surface area (Å²) in [6.45, 7) is 0. The van der Waals surface area contributed by atoms with Gasteiger partial charge in [-0.3, -0.25) is 10.1 Å². The quantitative estimate of drug-likeness (QED) is 0.866. The topological polar surface area (TPSA) is 49.3 Å². The lowest BCUT2D eigenvalue weighted by Gasteiger charge is -2.26. The summed E-state index contributed by atoms with van der Waals surface area (Å²) < 4.78 is 25.0. The molecule has 5 heteroatoms. The van der Waals surface area contributed by atoms with Crippen LogP contribution in [0.3, 0.4) is 0 Å². The minimum absolute atomic E-state index is 0.0874. The van der Waals surface area contributed by atoms with Gasteiger partial charge in [0, 0.05) is 11.6 Å². The van der Waals surface area contributed by atoms with Crippen LogP contribution in [-0.2, 0) is 4.79 Å².